The normalized spacial score (nSPS) is 17.2. The van der Waals surface area contributed by atoms with Crippen LogP contribution >= 0.6 is 35.0 Å². The van der Waals surface area contributed by atoms with Gasteiger partial charge in [-0.05, 0) is 53.2 Å². The third kappa shape index (κ3) is 4.46. The zero-order chi connectivity index (χ0) is 19.6. The highest BCUT2D eigenvalue weighted by Crippen LogP contribution is 2.37. The van der Waals surface area contributed by atoms with E-state index in [0.717, 1.165) is 5.56 Å². The summed E-state index contributed by atoms with van der Waals surface area (Å²) in [5.74, 6) is -0.110. The van der Waals surface area contributed by atoms with Crippen LogP contribution in [0.15, 0.2) is 46.3 Å². The summed E-state index contributed by atoms with van der Waals surface area (Å²) in [7, 11) is 3.31. The minimum Gasteiger partial charge on any atom is -0.486 e. The van der Waals surface area contributed by atoms with Crippen LogP contribution in [-0.2, 0) is 11.4 Å². The summed E-state index contributed by atoms with van der Waals surface area (Å²) in [6, 6.07) is 9.33. The van der Waals surface area contributed by atoms with E-state index in [2.05, 4.69) is 4.99 Å². The predicted octanol–water partition coefficient (Wildman–Crippen LogP) is 5.24. The van der Waals surface area contributed by atoms with Crippen LogP contribution in [0.3, 0.4) is 0 Å². The molecule has 1 saturated heterocycles. The van der Waals surface area contributed by atoms with Gasteiger partial charge >= 0.3 is 0 Å². The monoisotopic (exact) mass is 424 g/mol. The van der Waals surface area contributed by atoms with Gasteiger partial charge in [-0.15, -0.1) is 0 Å². The molecule has 0 aliphatic carbocycles. The van der Waals surface area contributed by atoms with E-state index < -0.39 is 0 Å². The summed E-state index contributed by atoms with van der Waals surface area (Å²) >= 11 is 13.9. The van der Waals surface area contributed by atoms with Crippen LogP contribution in [0.2, 0.25) is 10.0 Å². The lowest BCUT2D eigenvalue weighted by Crippen LogP contribution is -2.23. The van der Waals surface area contributed by atoms with Gasteiger partial charge in [-0.25, -0.2) is 4.39 Å². The second-order valence-corrected chi connectivity index (χ2v) is 7.53. The summed E-state index contributed by atoms with van der Waals surface area (Å²) in [6.07, 6.45) is 1.71. The van der Waals surface area contributed by atoms with E-state index in [0.29, 0.717) is 31.4 Å². The molecule has 0 aromatic heterocycles. The largest absolute Gasteiger partial charge is 0.486 e. The Balaban J connectivity index is 1.80. The summed E-state index contributed by atoms with van der Waals surface area (Å²) in [5, 5.41) is 1.27. The van der Waals surface area contributed by atoms with Crippen molar-refractivity contribution in [3.63, 3.8) is 0 Å². The van der Waals surface area contributed by atoms with E-state index in [9.17, 15) is 9.18 Å². The van der Waals surface area contributed by atoms with Crippen LogP contribution in [0.1, 0.15) is 11.1 Å². The lowest BCUT2D eigenvalue weighted by Gasteiger charge is -2.11. The van der Waals surface area contributed by atoms with Crippen LogP contribution < -0.4 is 4.74 Å². The maximum absolute atomic E-state index is 13.0. The Labute approximate surface area is 170 Å². The van der Waals surface area contributed by atoms with Gasteiger partial charge in [-0.2, -0.15) is 0 Å². The van der Waals surface area contributed by atoms with Crippen LogP contribution in [0, 0.1) is 5.82 Å². The van der Waals surface area contributed by atoms with Crippen molar-refractivity contribution in [3.05, 3.63) is 68.3 Å². The highest BCUT2D eigenvalue weighted by atomic mass is 35.5. The van der Waals surface area contributed by atoms with E-state index in [1.54, 1.807) is 44.4 Å². The van der Waals surface area contributed by atoms with Gasteiger partial charge in [0.1, 0.15) is 12.4 Å². The van der Waals surface area contributed by atoms with E-state index in [-0.39, 0.29) is 18.3 Å². The Morgan fingerprint density at radius 2 is 1.85 bits per heavy atom. The molecule has 0 spiro atoms. The van der Waals surface area contributed by atoms with Crippen molar-refractivity contribution in [2.45, 2.75) is 6.61 Å². The molecule has 2 aromatic carbocycles. The van der Waals surface area contributed by atoms with Crippen LogP contribution in [-0.4, -0.2) is 30.1 Å². The Kier molecular flexibility index (Phi) is 6.09. The number of carbonyl (C=O) groups excluding carboxylic acids is 1. The van der Waals surface area contributed by atoms with E-state index in [4.69, 9.17) is 27.9 Å². The maximum atomic E-state index is 13.0. The molecule has 3 rings (SSSR count). The van der Waals surface area contributed by atoms with Crippen molar-refractivity contribution in [3.8, 4) is 5.75 Å². The first-order valence-corrected chi connectivity index (χ1v) is 9.47. The molecule has 0 atom stereocenters. The number of aliphatic imine (C=N–C) groups is 1. The molecule has 1 fully saturated rings. The number of amidine groups is 1. The highest BCUT2D eigenvalue weighted by molar-refractivity contribution is 8.18. The van der Waals surface area contributed by atoms with E-state index in [1.807, 2.05) is 0 Å². The van der Waals surface area contributed by atoms with Crippen molar-refractivity contribution in [1.29, 1.82) is 0 Å². The molecule has 0 bridgehead atoms. The zero-order valence-electron chi connectivity index (χ0n) is 14.5. The van der Waals surface area contributed by atoms with Crippen LogP contribution in [0.4, 0.5) is 4.39 Å². The molecule has 8 heteroatoms. The molecule has 1 amide bonds. The summed E-state index contributed by atoms with van der Waals surface area (Å²) < 4.78 is 18.6. The predicted molar refractivity (Wildman–Crippen MR) is 109 cm³/mol. The van der Waals surface area contributed by atoms with Gasteiger partial charge in [-0.3, -0.25) is 14.7 Å². The molecule has 140 valence electrons. The summed E-state index contributed by atoms with van der Waals surface area (Å²) in [5.41, 5.74) is 1.47. The van der Waals surface area contributed by atoms with Gasteiger partial charge in [0.05, 0.1) is 15.0 Å². The number of nitrogens with zero attached hydrogens (tertiary/aromatic N) is 2. The average Bonchev–Trinajstić information content (AvgIpc) is 2.90. The zero-order valence-corrected chi connectivity index (χ0v) is 16.8. The van der Waals surface area contributed by atoms with Gasteiger partial charge in [0.2, 0.25) is 0 Å². The molecule has 0 saturated carbocycles. The number of hydrogen-bond donors (Lipinski definition) is 0. The SMILES string of the molecule is CN=C1S/C(=C/c2cc(Cl)c(OCc3ccc(F)cc3)c(Cl)c2)C(=O)N1C. The summed E-state index contributed by atoms with van der Waals surface area (Å²) in [4.78, 5) is 18.3. The lowest BCUT2D eigenvalue weighted by atomic mass is 10.2. The fraction of sp³-hybridized carbons (Fsp3) is 0.158. The smallest absolute Gasteiger partial charge is 0.266 e. The molecule has 1 aliphatic heterocycles. The molecule has 1 aliphatic rings. The molecular weight excluding hydrogens is 410 g/mol. The van der Waals surface area contributed by atoms with Gasteiger partial charge < -0.3 is 4.74 Å². The number of carbonyl (C=O) groups is 1. The first-order valence-electron chi connectivity index (χ1n) is 7.89. The number of rotatable bonds is 4. The Morgan fingerprint density at radius 3 is 2.41 bits per heavy atom. The first-order chi connectivity index (χ1) is 12.9. The summed E-state index contributed by atoms with van der Waals surface area (Å²) in [6.45, 7) is 0.204. The average molecular weight is 425 g/mol. The number of likely N-dealkylation sites (N-methyl/N-ethyl adjacent to an activating group) is 1. The third-order valence-corrected chi connectivity index (χ3v) is 5.52. The van der Waals surface area contributed by atoms with Gasteiger partial charge in [0.25, 0.3) is 5.91 Å². The molecule has 27 heavy (non-hydrogen) atoms. The Morgan fingerprint density at radius 1 is 1.22 bits per heavy atom. The molecule has 0 unspecified atom stereocenters. The minimum absolute atomic E-state index is 0.135. The lowest BCUT2D eigenvalue weighted by molar-refractivity contribution is -0.121. The fourth-order valence-corrected chi connectivity index (χ4v) is 3.98. The maximum Gasteiger partial charge on any atom is 0.266 e. The van der Waals surface area contributed by atoms with E-state index in [1.165, 1.54) is 28.8 Å². The minimum atomic E-state index is -0.312. The number of benzene rings is 2. The van der Waals surface area contributed by atoms with Crippen molar-refractivity contribution in [2.24, 2.45) is 4.99 Å². The van der Waals surface area contributed by atoms with Crippen LogP contribution in [0.25, 0.3) is 6.08 Å². The second-order valence-electron chi connectivity index (χ2n) is 5.71. The highest BCUT2D eigenvalue weighted by Gasteiger charge is 2.29. The van der Waals surface area contributed by atoms with Crippen molar-refractivity contribution >= 4 is 52.1 Å². The Bertz CT molecular complexity index is 922. The molecule has 0 N–H and O–H groups in total. The second kappa shape index (κ2) is 8.33. The van der Waals surface area contributed by atoms with Gasteiger partial charge in [-0.1, -0.05) is 35.3 Å². The molecule has 1 heterocycles. The third-order valence-electron chi connectivity index (χ3n) is 3.81. The quantitative estimate of drug-likeness (QED) is 0.629. The van der Waals surface area contributed by atoms with Crippen molar-refractivity contribution in [2.75, 3.05) is 14.1 Å². The van der Waals surface area contributed by atoms with Gasteiger partial charge in [0.15, 0.2) is 10.9 Å². The molecular formula is C19H15Cl2FN2O2S. The van der Waals surface area contributed by atoms with Gasteiger partial charge in [0, 0.05) is 14.1 Å². The number of hydrogen-bond acceptors (Lipinski definition) is 4. The molecule has 4 nitrogen and oxygen atoms in total. The topological polar surface area (TPSA) is 41.9 Å². The first kappa shape index (κ1) is 19.7. The number of halogens is 3. The van der Waals surface area contributed by atoms with Crippen molar-refractivity contribution in [1.82, 2.24) is 4.90 Å². The molecule has 0 radical (unpaired) electrons. The Hall–Kier alpha value is -2.02. The molecule has 2 aromatic rings. The van der Waals surface area contributed by atoms with Crippen LogP contribution in [0.5, 0.6) is 5.75 Å². The number of amides is 1. The fourth-order valence-electron chi connectivity index (χ4n) is 2.44. The standard InChI is InChI=1S/C19H15Cl2FN2O2S/c1-23-19-24(2)18(25)16(27-19)9-12-7-14(20)17(15(21)8-12)26-10-11-3-5-13(22)6-4-11/h3-9H,10H2,1-2H3/b16-9+,23-19?. The van der Waals surface area contributed by atoms with Crippen molar-refractivity contribution < 1.29 is 13.9 Å². The van der Waals surface area contributed by atoms with E-state index >= 15 is 0 Å². The number of thioether (sulfide) groups is 1. The number of ether oxygens (including phenoxy) is 1.